The Kier molecular flexibility index (Phi) is 5.92. The maximum Gasteiger partial charge on any atom is 0.313 e. The van der Waals surface area contributed by atoms with Crippen LogP contribution in [-0.4, -0.2) is 41.8 Å². The molecule has 7 nitrogen and oxygen atoms in total. The van der Waals surface area contributed by atoms with Crippen molar-refractivity contribution in [1.29, 1.82) is 0 Å². The van der Waals surface area contributed by atoms with E-state index in [1.165, 1.54) is 0 Å². The van der Waals surface area contributed by atoms with Crippen LogP contribution in [0, 0.1) is 0 Å². The van der Waals surface area contributed by atoms with Crippen molar-refractivity contribution in [1.82, 2.24) is 4.90 Å². The zero-order valence-corrected chi connectivity index (χ0v) is 14.1. The van der Waals surface area contributed by atoms with Gasteiger partial charge in [-0.25, -0.2) is 0 Å². The van der Waals surface area contributed by atoms with E-state index in [1.54, 1.807) is 12.1 Å². The number of rotatable bonds is 6. The highest BCUT2D eigenvalue weighted by molar-refractivity contribution is 6.39. The summed E-state index contributed by atoms with van der Waals surface area (Å²) in [7, 11) is 0. The second-order valence-electron chi connectivity index (χ2n) is 5.90. The first kappa shape index (κ1) is 17.9. The third kappa shape index (κ3) is 3.91. The van der Waals surface area contributed by atoms with E-state index in [9.17, 15) is 14.4 Å². The van der Waals surface area contributed by atoms with Gasteiger partial charge in [-0.15, -0.1) is 0 Å². The Morgan fingerprint density at radius 2 is 1.96 bits per heavy atom. The lowest BCUT2D eigenvalue weighted by molar-refractivity contribution is -0.134. The lowest BCUT2D eigenvalue weighted by atomic mass is 9.96. The molecule has 1 atom stereocenters. The van der Waals surface area contributed by atoms with Crippen LogP contribution in [0.5, 0.6) is 0 Å². The first-order chi connectivity index (χ1) is 11.5. The van der Waals surface area contributed by atoms with Crippen LogP contribution in [-0.2, 0) is 20.8 Å². The monoisotopic (exact) mass is 332 g/mol. The van der Waals surface area contributed by atoms with Crippen LogP contribution >= 0.6 is 0 Å². The number of hydrogen-bond acceptors (Lipinski definition) is 4. The maximum atomic E-state index is 12.6. The number of hydrogen-bond donors (Lipinski definition) is 3. The Morgan fingerprint density at radius 1 is 1.29 bits per heavy atom. The molecule has 24 heavy (non-hydrogen) atoms. The Morgan fingerprint density at radius 3 is 2.54 bits per heavy atom. The minimum absolute atomic E-state index is 0.0924. The Balaban J connectivity index is 2.26. The molecular weight excluding hydrogens is 308 g/mol. The summed E-state index contributed by atoms with van der Waals surface area (Å²) in [5.41, 5.74) is 6.83. The predicted octanol–water partition coefficient (Wildman–Crippen LogP) is 1.10. The molecule has 1 unspecified atom stereocenters. The molecule has 0 saturated heterocycles. The van der Waals surface area contributed by atoms with E-state index >= 15 is 0 Å². The summed E-state index contributed by atoms with van der Waals surface area (Å²) < 4.78 is 0. The van der Waals surface area contributed by atoms with Gasteiger partial charge in [0.1, 0.15) is 0 Å². The molecule has 3 amide bonds. The molecule has 1 aliphatic rings. The van der Waals surface area contributed by atoms with Gasteiger partial charge < -0.3 is 16.4 Å². The fraction of sp³-hybridized carbons (Fsp3) is 0.471. The summed E-state index contributed by atoms with van der Waals surface area (Å²) in [6, 6.07) is 5.11. The van der Waals surface area contributed by atoms with Gasteiger partial charge in [0.15, 0.2) is 0 Å². The SMILES string of the molecule is CCCN(CCC)C1Cc2cccc(NC(=O)C(N)=O)c2NC1=O. The fourth-order valence-electron chi connectivity index (χ4n) is 3.01. The lowest BCUT2D eigenvalue weighted by Gasteiger charge is -2.34. The van der Waals surface area contributed by atoms with E-state index in [-0.39, 0.29) is 11.9 Å². The highest BCUT2D eigenvalue weighted by Crippen LogP contribution is 2.32. The van der Waals surface area contributed by atoms with Crippen molar-refractivity contribution < 1.29 is 14.4 Å². The number of para-hydroxylation sites is 1. The molecule has 0 spiro atoms. The van der Waals surface area contributed by atoms with E-state index in [0.29, 0.717) is 17.8 Å². The van der Waals surface area contributed by atoms with Crippen LogP contribution in [0.3, 0.4) is 0 Å². The average molecular weight is 332 g/mol. The number of nitrogens with two attached hydrogens (primary N) is 1. The molecule has 1 aromatic carbocycles. The van der Waals surface area contributed by atoms with E-state index < -0.39 is 11.8 Å². The minimum Gasteiger partial charge on any atom is -0.361 e. The van der Waals surface area contributed by atoms with Gasteiger partial charge in [0.25, 0.3) is 0 Å². The van der Waals surface area contributed by atoms with E-state index in [1.807, 2.05) is 6.07 Å². The Hall–Kier alpha value is -2.41. The number of anilines is 2. The van der Waals surface area contributed by atoms with Gasteiger partial charge in [0, 0.05) is 0 Å². The van der Waals surface area contributed by atoms with E-state index in [0.717, 1.165) is 31.5 Å². The topological polar surface area (TPSA) is 105 Å². The van der Waals surface area contributed by atoms with Crippen LogP contribution in [0.25, 0.3) is 0 Å². The highest BCUT2D eigenvalue weighted by atomic mass is 16.2. The smallest absolute Gasteiger partial charge is 0.313 e. The minimum atomic E-state index is -1.07. The number of carbonyl (C=O) groups excluding carboxylic acids is 3. The fourth-order valence-corrected chi connectivity index (χ4v) is 3.01. The molecule has 1 aromatic rings. The van der Waals surface area contributed by atoms with Crippen LogP contribution in [0.2, 0.25) is 0 Å². The van der Waals surface area contributed by atoms with Crippen LogP contribution in [0.15, 0.2) is 18.2 Å². The molecular formula is C17H24N4O3. The summed E-state index contributed by atoms with van der Waals surface area (Å²) in [5, 5.41) is 5.32. The quantitative estimate of drug-likeness (QED) is 0.678. The van der Waals surface area contributed by atoms with Gasteiger partial charge in [-0.3, -0.25) is 19.3 Å². The Bertz CT molecular complexity index is 639. The van der Waals surface area contributed by atoms with Gasteiger partial charge in [0.05, 0.1) is 17.4 Å². The van der Waals surface area contributed by atoms with Crippen molar-refractivity contribution >= 4 is 29.1 Å². The van der Waals surface area contributed by atoms with Crippen molar-refractivity contribution in [3.05, 3.63) is 23.8 Å². The van der Waals surface area contributed by atoms with Crippen molar-refractivity contribution in [2.45, 2.75) is 39.2 Å². The van der Waals surface area contributed by atoms with Crippen molar-refractivity contribution in [2.75, 3.05) is 23.7 Å². The summed E-state index contributed by atoms with van der Waals surface area (Å²) >= 11 is 0. The van der Waals surface area contributed by atoms with Crippen molar-refractivity contribution in [3.63, 3.8) is 0 Å². The summed E-state index contributed by atoms with van der Waals surface area (Å²) in [4.78, 5) is 37.2. The molecule has 1 aliphatic heterocycles. The number of fused-ring (bicyclic) bond motifs is 1. The van der Waals surface area contributed by atoms with E-state index in [2.05, 4.69) is 29.4 Å². The molecule has 0 bridgehead atoms. The normalized spacial score (nSPS) is 16.5. The molecule has 130 valence electrons. The first-order valence-corrected chi connectivity index (χ1v) is 8.25. The number of carbonyl (C=O) groups is 3. The molecule has 0 saturated carbocycles. The van der Waals surface area contributed by atoms with Gasteiger partial charge in [-0.2, -0.15) is 0 Å². The summed E-state index contributed by atoms with van der Waals surface area (Å²) in [6.45, 7) is 5.91. The number of nitrogens with zero attached hydrogens (tertiary/aromatic N) is 1. The second kappa shape index (κ2) is 7.92. The van der Waals surface area contributed by atoms with Gasteiger partial charge in [0.2, 0.25) is 5.91 Å². The number of nitrogens with one attached hydrogen (secondary N) is 2. The third-order valence-electron chi connectivity index (χ3n) is 4.05. The van der Waals surface area contributed by atoms with Crippen LogP contribution in [0.4, 0.5) is 11.4 Å². The largest absolute Gasteiger partial charge is 0.361 e. The molecule has 0 aromatic heterocycles. The van der Waals surface area contributed by atoms with Gasteiger partial charge >= 0.3 is 11.8 Å². The zero-order chi connectivity index (χ0) is 17.7. The maximum absolute atomic E-state index is 12.6. The van der Waals surface area contributed by atoms with Gasteiger partial charge in [-0.05, 0) is 44.0 Å². The highest BCUT2D eigenvalue weighted by Gasteiger charge is 2.31. The molecule has 0 fully saturated rings. The molecule has 2 rings (SSSR count). The van der Waals surface area contributed by atoms with Crippen molar-refractivity contribution in [2.24, 2.45) is 5.73 Å². The molecule has 4 N–H and O–H groups in total. The molecule has 7 heteroatoms. The third-order valence-corrected chi connectivity index (χ3v) is 4.05. The first-order valence-electron chi connectivity index (χ1n) is 8.25. The molecule has 1 heterocycles. The predicted molar refractivity (Wildman–Crippen MR) is 92.5 cm³/mol. The standard InChI is InChI=1S/C17H24N4O3/c1-3-8-21(9-4-2)13-10-11-6-5-7-12(14(11)20-16(13)23)19-17(24)15(18)22/h5-7,13H,3-4,8-10H2,1-2H3,(H2,18,22)(H,19,24)(H,20,23). The molecule has 0 aliphatic carbocycles. The number of benzene rings is 1. The van der Waals surface area contributed by atoms with Crippen molar-refractivity contribution in [3.8, 4) is 0 Å². The Labute approximate surface area is 141 Å². The average Bonchev–Trinajstić information content (AvgIpc) is 2.54. The lowest BCUT2D eigenvalue weighted by Crippen LogP contribution is -2.48. The number of primary amides is 1. The van der Waals surface area contributed by atoms with Crippen LogP contribution < -0.4 is 16.4 Å². The van der Waals surface area contributed by atoms with Gasteiger partial charge in [-0.1, -0.05) is 26.0 Å². The van der Waals surface area contributed by atoms with Crippen LogP contribution in [0.1, 0.15) is 32.3 Å². The zero-order valence-electron chi connectivity index (χ0n) is 14.1. The molecule has 0 radical (unpaired) electrons. The number of amides is 3. The van der Waals surface area contributed by atoms with E-state index in [4.69, 9.17) is 5.73 Å². The summed E-state index contributed by atoms with van der Waals surface area (Å²) in [5.74, 6) is -2.06. The summed E-state index contributed by atoms with van der Waals surface area (Å²) in [6.07, 6.45) is 2.53. The second-order valence-corrected chi connectivity index (χ2v) is 5.90.